The Bertz CT molecular complexity index is 1630. The third-order valence-corrected chi connectivity index (χ3v) is 6.48. The van der Waals surface area contributed by atoms with Gasteiger partial charge in [0, 0.05) is 18.0 Å². The molecule has 5 aromatic rings. The van der Waals surface area contributed by atoms with E-state index in [-0.39, 0.29) is 17.2 Å². The van der Waals surface area contributed by atoms with E-state index < -0.39 is 0 Å². The van der Waals surface area contributed by atoms with Gasteiger partial charge in [-0.05, 0) is 44.5 Å². The molecule has 0 aliphatic heterocycles. The van der Waals surface area contributed by atoms with E-state index in [1.807, 2.05) is 107 Å². The Morgan fingerprint density at radius 2 is 1.51 bits per heavy atom. The molecule has 0 aliphatic rings. The van der Waals surface area contributed by atoms with Crippen LogP contribution in [-0.4, -0.2) is 20.3 Å². The molecule has 1 amide bonds. The highest BCUT2D eigenvalue weighted by atomic mass is 16.2. The van der Waals surface area contributed by atoms with E-state index in [1.165, 1.54) is 0 Å². The number of carbonyl (C=O) groups excluding carboxylic acids is 1. The first-order valence-corrected chi connectivity index (χ1v) is 11.5. The summed E-state index contributed by atoms with van der Waals surface area (Å²) in [6.07, 6.45) is 0. The number of aryl methyl sites for hydroxylation is 1. The van der Waals surface area contributed by atoms with Crippen molar-refractivity contribution in [3.63, 3.8) is 0 Å². The van der Waals surface area contributed by atoms with Gasteiger partial charge in [0.05, 0.1) is 28.2 Å². The Morgan fingerprint density at radius 1 is 0.857 bits per heavy atom. The number of pyridine rings is 1. The monoisotopic (exact) mass is 462 g/mol. The summed E-state index contributed by atoms with van der Waals surface area (Å²) in [5, 5.41) is 3.67. The van der Waals surface area contributed by atoms with Crippen LogP contribution >= 0.6 is 0 Å². The van der Waals surface area contributed by atoms with Crippen molar-refractivity contribution in [3.05, 3.63) is 112 Å². The van der Waals surface area contributed by atoms with Gasteiger partial charge in [-0.3, -0.25) is 14.3 Å². The molecule has 0 spiro atoms. The molecule has 0 unspecified atom stereocenters. The summed E-state index contributed by atoms with van der Waals surface area (Å²) >= 11 is 0. The Balaban J connectivity index is 1.64. The van der Waals surface area contributed by atoms with Gasteiger partial charge < -0.3 is 5.32 Å². The van der Waals surface area contributed by atoms with E-state index in [4.69, 9.17) is 4.98 Å². The number of hydrogen-bond donors (Lipinski definition) is 1. The number of rotatable bonds is 4. The quantitative estimate of drug-likeness (QED) is 0.380. The number of amides is 1. The van der Waals surface area contributed by atoms with Gasteiger partial charge in [-0.2, -0.15) is 0 Å². The van der Waals surface area contributed by atoms with Gasteiger partial charge in [-0.15, -0.1) is 0 Å². The minimum atomic E-state index is -0.333. The molecule has 2 aromatic heterocycles. The van der Waals surface area contributed by atoms with E-state index in [2.05, 4.69) is 5.32 Å². The Labute approximate surface area is 203 Å². The highest BCUT2D eigenvalue weighted by Gasteiger charge is 2.23. The molecule has 0 saturated carbocycles. The molecule has 0 fully saturated rings. The topological polar surface area (TPSA) is 68.9 Å². The lowest BCUT2D eigenvalue weighted by Crippen LogP contribution is -2.23. The lowest BCUT2D eigenvalue weighted by atomic mass is 9.96. The van der Waals surface area contributed by atoms with Crippen LogP contribution in [0.2, 0.25) is 0 Å². The molecule has 0 saturated heterocycles. The first-order chi connectivity index (χ1) is 16.9. The maximum atomic E-state index is 13.8. The molecule has 174 valence electrons. The fourth-order valence-electron chi connectivity index (χ4n) is 4.48. The van der Waals surface area contributed by atoms with Gasteiger partial charge in [0.25, 0.3) is 11.5 Å². The van der Waals surface area contributed by atoms with Crippen molar-refractivity contribution in [1.29, 1.82) is 0 Å². The third kappa shape index (κ3) is 3.83. The van der Waals surface area contributed by atoms with Gasteiger partial charge in [0.2, 0.25) is 0 Å². The standard InChI is InChI=1S/C29H26N4O2/c1-18-14-16-21(17-15-18)26-19(2)25(23-12-8-9-13-24(23)30-26)28(34)31-27-20(3)32(4)33(29(27)35)22-10-6-5-7-11-22/h5-17H,1-4H3,(H,31,34). The average Bonchev–Trinajstić information content (AvgIpc) is 3.07. The molecule has 3 aromatic carbocycles. The molecule has 35 heavy (non-hydrogen) atoms. The minimum Gasteiger partial charge on any atom is -0.316 e. The number of anilines is 1. The molecule has 2 heterocycles. The van der Waals surface area contributed by atoms with E-state index in [0.29, 0.717) is 11.3 Å². The lowest BCUT2D eigenvalue weighted by molar-refractivity contribution is 0.102. The minimum absolute atomic E-state index is 0.263. The summed E-state index contributed by atoms with van der Waals surface area (Å²) in [6.45, 7) is 5.77. The second-order valence-electron chi connectivity index (χ2n) is 8.73. The normalized spacial score (nSPS) is 11.1. The SMILES string of the molecule is Cc1ccc(-c2nc3ccccc3c(C(=O)Nc3c(C)n(C)n(-c4ccccc4)c3=O)c2C)cc1. The van der Waals surface area contributed by atoms with Crippen molar-refractivity contribution in [2.24, 2.45) is 7.05 Å². The van der Waals surface area contributed by atoms with E-state index in [0.717, 1.165) is 39.0 Å². The van der Waals surface area contributed by atoms with Crippen LogP contribution in [0.4, 0.5) is 5.69 Å². The van der Waals surface area contributed by atoms with Crippen LogP contribution < -0.4 is 10.9 Å². The number of para-hydroxylation sites is 2. The Kier molecular flexibility index (Phi) is 5.57. The maximum absolute atomic E-state index is 13.8. The predicted molar refractivity (Wildman–Crippen MR) is 140 cm³/mol. The highest BCUT2D eigenvalue weighted by molar-refractivity contribution is 6.14. The van der Waals surface area contributed by atoms with Gasteiger partial charge >= 0.3 is 0 Å². The molecule has 0 radical (unpaired) electrons. The van der Waals surface area contributed by atoms with Crippen molar-refractivity contribution in [2.45, 2.75) is 20.8 Å². The van der Waals surface area contributed by atoms with Crippen molar-refractivity contribution in [3.8, 4) is 16.9 Å². The number of nitrogens with zero attached hydrogens (tertiary/aromatic N) is 3. The summed E-state index contributed by atoms with van der Waals surface area (Å²) in [6, 6.07) is 25.1. The van der Waals surface area contributed by atoms with Crippen molar-refractivity contribution < 1.29 is 4.79 Å². The average molecular weight is 463 g/mol. The molecule has 1 N–H and O–H groups in total. The zero-order chi connectivity index (χ0) is 24.7. The molecule has 6 heteroatoms. The number of fused-ring (bicyclic) bond motifs is 1. The first kappa shape index (κ1) is 22.3. The molecule has 0 atom stereocenters. The number of aromatic nitrogens is 3. The summed E-state index contributed by atoms with van der Waals surface area (Å²) in [5.41, 5.74) is 6.23. The van der Waals surface area contributed by atoms with Crippen molar-refractivity contribution >= 4 is 22.5 Å². The van der Waals surface area contributed by atoms with Crippen LogP contribution in [-0.2, 0) is 7.05 Å². The second-order valence-corrected chi connectivity index (χ2v) is 8.73. The molecular formula is C29H26N4O2. The van der Waals surface area contributed by atoms with E-state index in [1.54, 1.807) is 9.36 Å². The lowest BCUT2D eigenvalue weighted by Gasteiger charge is -2.14. The van der Waals surface area contributed by atoms with Crippen LogP contribution in [0.5, 0.6) is 0 Å². The van der Waals surface area contributed by atoms with Crippen LogP contribution in [0, 0.1) is 20.8 Å². The van der Waals surface area contributed by atoms with Gasteiger partial charge in [0.1, 0.15) is 5.69 Å². The van der Waals surface area contributed by atoms with E-state index >= 15 is 0 Å². The van der Waals surface area contributed by atoms with Gasteiger partial charge in [0.15, 0.2) is 0 Å². The Hall–Kier alpha value is -4.45. The summed E-state index contributed by atoms with van der Waals surface area (Å²) in [5.74, 6) is -0.333. The van der Waals surface area contributed by atoms with E-state index in [9.17, 15) is 9.59 Å². The molecule has 0 aliphatic carbocycles. The maximum Gasteiger partial charge on any atom is 0.295 e. The molecule has 0 bridgehead atoms. The molecule has 5 rings (SSSR count). The van der Waals surface area contributed by atoms with Crippen LogP contribution in [0.1, 0.15) is 27.2 Å². The van der Waals surface area contributed by atoms with Gasteiger partial charge in [-0.1, -0.05) is 66.2 Å². The van der Waals surface area contributed by atoms with Crippen molar-refractivity contribution in [2.75, 3.05) is 5.32 Å². The van der Waals surface area contributed by atoms with Crippen LogP contribution in [0.15, 0.2) is 83.7 Å². The highest BCUT2D eigenvalue weighted by Crippen LogP contribution is 2.30. The number of hydrogen-bond acceptors (Lipinski definition) is 3. The summed E-state index contributed by atoms with van der Waals surface area (Å²) < 4.78 is 3.31. The number of benzene rings is 3. The number of carbonyl (C=O) groups is 1. The molecular weight excluding hydrogens is 436 g/mol. The first-order valence-electron chi connectivity index (χ1n) is 11.5. The largest absolute Gasteiger partial charge is 0.316 e. The smallest absolute Gasteiger partial charge is 0.295 e. The van der Waals surface area contributed by atoms with Crippen LogP contribution in [0.25, 0.3) is 27.8 Å². The zero-order valence-corrected chi connectivity index (χ0v) is 20.2. The Morgan fingerprint density at radius 3 is 2.23 bits per heavy atom. The van der Waals surface area contributed by atoms with Crippen LogP contribution in [0.3, 0.4) is 0 Å². The zero-order valence-electron chi connectivity index (χ0n) is 20.2. The molecule has 6 nitrogen and oxygen atoms in total. The fourth-order valence-corrected chi connectivity index (χ4v) is 4.48. The van der Waals surface area contributed by atoms with Gasteiger partial charge in [-0.25, -0.2) is 9.67 Å². The number of nitrogens with one attached hydrogen (secondary N) is 1. The third-order valence-electron chi connectivity index (χ3n) is 6.48. The second kappa shape index (κ2) is 8.72. The summed E-state index contributed by atoms with van der Waals surface area (Å²) in [7, 11) is 1.81. The fraction of sp³-hybridized carbons (Fsp3) is 0.138. The predicted octanol–water partition coefficient (Wildman–Crippen LogP) is 5.57. The summed E-state index contributed by atoms with van der Waals surface area (Å²) in [4.78, 5) is 32.0. The van der Waals surface area contributed by atoms with Crippen molar-refractivity contribution in [1.82, 2.24) is 14.3 Å².